The molecule has 1 aliphatic rings. The Bertz CT molecular complexity index is 600. The molecular formula is C17H22N2O4. The number of carbonyl (C=O) groups is 2. The largest absolute Gasteiger partial charge is 0.493 e. The van der Waals surface area contributed by atoms with Gasteiger partial charge in [0.1, 0.15) is 0 Å². The van der Waals surface area contributed by atoms with E-state index in [9.17, 15) is 9.59 Å². The van der Waals surface area contributed by atoms with Gasteiger partial charge in [0, 0.05) is 13.1 Å². The van der Waals surface area contributed by atoms with Crippen LogP contribution in [0, 0.1) is 5.92 Å². The van der Waals surface area contributed by atoms with Crippen molar-refractivity contribution in [2.45, 2.75) is 12.8 Å². The first-order chi connectivity index (χ1) is 11.0. The molecule has 2 N–H and O–H groups in total. The van der Waals surface area contributed by atoms with Gasteiger partial charge < -0.3 is 20.1 Å². The Labute approximate surface area is 135 Å². The van der Waals surface area contributed by atoms with Crippen LogP contribution in [-0.4, -0.2) is 43.5 Å². The third-order valence-electron chi connectivity index (χ3n) is 3.90. The molecular weight excluding hydrogens is 296 g/mol. The van der Waals surface area contributed by atoms with Gasteiger partial charge in [-0.15, -0.1) is 6.58 Å². The SMILES string of the molecule is C=CCc1ccc(OCC(=O)N2CCC(C(N)=O)C2)c(OC)c1. The Morgan fingerprint density at radius 2 is 2.22 bits per heavy atom. The van der Waals surface area contributed by atoms with Gasteiger partial charge in [0.05, 0.1) is 13.0 Å². The van der Waals surface area contributed by atoms with E-state index in [1.165, 1.54) is 0 Å². The summed E-state index contributed by atoms with van der Waals surface area (Å²) in [5, 5.41) is 0. The van der Waals surface area contributed by atoms with Crippen LogP contribution in [0.2, 0.25) is 0 Å². The lowest BCUT2D eigenvalue weighted by molar-refractivity contribution is -0.132. The lowest BCUT2D eigenvalue weighted by Crippen LogP contribution is -2.34. The Morgan fingerprint density at radius 3 is 2.83 bits per heavy atom. The molecule has 1 saturated heterocycles. The summed E-state index contributed by atoms with van der Waals surface area (Å²) in [7, 11) is 1.56. The number of hydrogen-bond acceptors (Lipinski definition) is 4. The Hall–Kier alpha value is -2.50. The van der Waals surface area contributed by atoms with Crippen molar-refractivity contribution in [3.63, 3.8) is 0 Å². The zero-order valence-corrected chi connectivity index (χ0v) is 13.3. The highest BCUT2D eigenvalue weighted by Crippen LogP contribution is 2.28. The highest BCUT2D eigenvalue weighted by Gasteiger charge is 2.29. The maximum atomic E-state index is 12.2. The number of carbonyl (C=O) groups excluding carboxylic acids is 2. The molecule has 1 atom stereocenters. The first kappa shape index (κ1) is 16.9. The lowest BCUT2D eigenvalue weighted by Gasteiger charge is -2.17. The summed E-state index contributed by atoms with van der Waals surface area (Å²) in [6.45, 7) is 4.51. The molecule has 1 heterocycles. The van der Waals surface area contributed by atoms with Crippen LogP contribution in [0.3, 0.4) is 0 Å². The van der Waals surface area contributed by atoms with Crippen LogP contribution in [0.25, 0.3) is 0 Å². The summed E-state index contributed by atoms with van der Waals surface area (Å²) in [6, 6.07) is 5.55. The number of methoxy groups -OCH3 is 1. The monoisotopic (exact) mass is 318 g/mol. The van der Waals surface area contributed by atoms with Crippen LogP contribution in [0.5, 0.6) is 11.5 Å². The van der Waals surface area contributed by atoms with E-state index in [2.05, 4.69) is 6.58 Å². The maximum Gasteiger partial charge on any atom is 0.260 e. The van der Waals surface area contributed by atoms with E-state index in [1.54, 1.807) is 24.2 Å². The number of allylic oxidation sites excluding steroid dienone is 1. The highest BCUT2D eigenvalue weighted by molar-refractivity contribution is 5.81. The van der Waals surface area contributed by atoms with Crippen molar-refractivity contribution in [2.24, 2.45) is 11.7 Å². The summed E-state index contributed by atoms with van der Waals surface area (Å²) >= 11 is 0. The average molecular weight is 318 g/mol. The molecule has 2 amide bonds. The van der Waals surface area contributed by atoms with Gasteiger partial charge in [-0.25, -0.2) is 0 Å². The van der Waals surface area contributed by atoms with Crippen LogP contribution in [0.1, 0.15) is 12.0 Å². The molecule has 6 nitrogen and oxygen atoms in total. The molecule has 23 heavy (non-hydrogen) atoms. The second kappa shape index (κ2) is 7.67. The number of amides is 2. The van der Waals surface area contributed by atoms with Crippen molar-refractivity contribution in [1.29, 1.82) is 0 Å². The Balaban J connectivity index is 1.94. The van der Waals surface area contributed by atoms with Crippen LogP contribution < -0.4 is 15.2 Å². The van der Waals surface area contributed by atoms with Crippen molar-refractivity contribution < 1.29 is 19.1 Å². The van der Waals surface area contributed by atoms with E-state index in [1.807, 2.05) is 12.1 Å². The minimum atomic E-state index is -0.360. The van der Waals surface area contributed by atoms with Gasteiger partial charge in [0.15, 0.2) is 18.1 Å². The van der Waals surface area contributed by atoms with E-state index >= 15 is 0 Å². The topological polar surface area (TPSA) is 81.9 Å². The summed E-state index contributed by atoms with van der Waals surface area (Å²) in [6.07, 6.45) is 3.15. The summed E-state index contributed by atoms with van der Waals surface area (Å²) in [5.74, 6) is 0.311. The second-order valence-corrected chi connectivity index (χ2v) is 5.49. The maximum absolute atomic E-state index is 12.2. The number of primary amides is 1. The number of hydrogen-bond donors (Lipinski definition) is 1. The first-order valence-corrected chi connectivity index (χ1v) is 7.52. The van der Waals surface area contributed by atoms with E-state index < -0.39 is 0 Å². The molecule has 6 heteroatoms. The van der Waals surface area contributed by atoms with Crippen LogP contribution in [-0.2, 0) is 16.0 Å². The van der Waals surface area contributed by atoms with E-state index in [0.717, 1.165) is 12.0 Å². The molecule has 0 spiro atoms. The molecule has 0 aliphatic carbocycles. The molecule has 124 valence electrons. The zero-order chi connectivity index (χ0) is 16.8. The van der Waals surface area contributed by atoms with Gasteiger partial charge >= 0.3 is 0 Å². The minimum absolute atomic E-state index is 0.0946. The number of rotatable bonds is 7. The third kappa shape index (κ3) is 4.25. The predicted molar refractivity (Wildman–Crippen MR) is 86.3 cm³/mol. The van der Waals surface area contributed by atoms with Gasteiger partial charge in [0.2, 0.25) is 5.91 Å². The molecule has 1 unspecified atom stereocenters. The van der Waals surface area contributed by atoms with E-state index in [0.29, 0.717) is 31.0 Å². The molecule has 1 aromatic carbocycles. The van der Waals surface area contributed by atoms with Crippen molar-refractivity contribution in [3.8, 4) is 11.5 Å². The van der Waals surface area contributed by atoms with Gasteiger partial charge in [-0.2, -0.15) is 0 Å². The van der Waals surface area contributed by atoms with Crippen LogP contribution in [0.15, 0.2) is 30.9 Å². The third-order valence-corrected chi connectivity index (χ3v) is 3.90. The van der Waals surface area contributed by atoms with Gasteiger partial charge in [0.25, 0.3) is 5.91 Å². The molecule has 0 radical (unpaired) electrons. The van der Waals surface area contributed by atoms with Crippen molar-refractivity contribution >= 4 is 11.8 Å². The second-order valence-electron chi connectivity index (χ2n) is 5.49. The van der Waals surface area contributed by atoms with Gasteiger partial charge in [-0.3, -0.25) is 9.59 Å². The standard InChI is InChI=1S/C17H22N2O4/c1-3-4-12-5-6-14(15(9-12)22-2)23-11-16(20)19-8-7-13(10-19)17(18)21/h3,5-6,9,13H,1,4,7-8,10-11H2,2H3,(H2,18,21). The quantitative estimate of drug-likeness (QED) is 0.764. The van der Waals surface area contributed by atoms with Crippen molar-refractivity contribution in [3.05, 3.63) is 36.4 Å². The van der Waals surface area contributed by atoms with Crippen LogP contribution >= 0.6 is 0 Å². The Morgan fingerprint density at radius 1 is 1.43 bits per heavy atom. The van der Waals surface area contributed by atoms with Crippen molar-refractivity contribution in [2.75, 3.05) is 26.8 Å². The number of likely N-dealkylation sites (tertiary alicyclic amines) is 1. The fourth-order valence-electron chi connectivity index (χ4n) is 2.57. The molecule has 2 rings (SSSR count). The predicted octanol–water partition coefficient (Wildman–Crippen LogP) is 1.14. The zero-order valence-electron chi connectivity index (χ0n) is 13.3. The van der Waals surface area contributed by atoms with E-state index in [4.69, 9.17) is 15.2 Å². The molecule has 0 saturated carbocycles. The van der Waals surface area contributed by atoms with Gasteiger partial charge in [-0.05, 0) is 30.5 Å². The summed E-state index contributed by atoms with van der Waals surface area (Å²) in [5.41, 5.74) is 6.33. The molecule has 1 aromatic rings. The smallest absolute Gasteiger partial charge is 0.260 e. The number of nitrogens with zero attached hydrogens (tertiary/aromatic N) is 1. The lowest BCUT2D eigenvalue weighted by atomic mass is 10.1. The number of ether oxygens (including phenoxy) is 2. The fraction of sp³-hybridized carbons (Fsp3) is 0.412. The summed E-state index contributed by atoms with van der Waals surface area (Å²) in [4.78, 5) is 24.9. The normalized spacial score (nSPS) is 16.9. The molecule has 0 bridgehead atoms. The molecule has 0 aromatic heterocycles. The number of benzene rings is 1. The number of nitrogens with two attached hydrogens (primary N) is 1. The van der Waals surface area contributed by atoms with Crippen LogP contribution in [0.4, 0.5) is 0 Å². The van der Waals surface area contributed by atoms with Crippen molar-refractivity contribution in [1.82, 2.24) is 4.90 Å². The molecule has 1 aliphatic heterocycles. The summed E-state index contributed by atoms with van der Waals surface area (Å²) < 4.78 is 10.9. The molecule has 1 fully saturated rings. The average Bonchev–Trinajstić information content (AvgIpc) is 3.03. The highest BCUT2D eigenvalue weighted by atomic mass is 16.5. The fourth-order valence-corrected chi connectivity index (χ4v) is 2.57. The Kier molecular flexibility index (Phi) is 5.62. The first-order valence-electron chi connectivity index (χ1n) is 7.52. The van der Waals surface area contributed by atoms with Gasteiger partial charge in [-0.1, -0.05) is 12.1 Å². The minimum Gasteiger partial charge on any atom is -0.493 e. The van der Waals surface area contributed by atoms with E-state index in [-0.39, 0.29) is 24.3 Å².